The van der Waals surface area contributed by atoms with Crippen LogP contribution >= 0.6 is 38.5 Å². The molecular formula is C14H15BrINO2. The molecule has 1 aromatic carbocycles. The molecule has 5 heteroatoms. The van der Waals surface area contributed by atoms with Gasteiger partial charge in [-0.3, -0.25) is 4.79 Å². The summed E-state index contributed by atoms with van der Waals surface area (Å²) in [5.74, 6) is 0.981. The van der Waals surface area contributed by atoms with E-state index in [0.717, 1.165) is 27.9 Å². The molecular weight excluding hydrogens is 421 g/mol. The number of carbonyl (C=O) groups excluding carboxylic acids is 1. The molecule has 0 radical (unpaired) electrons. The fourth-order valence-electron chi connectivity index (χ4n) is 2.03. The summed E-state index contributed by atoms with van der Waals surface area (Å²) in [7, 11) is 1.82. The highest BCUT2D eigenvalue weighted by atomic mass is 127. The Balaban J connectivity index is 2.34. The topological polar surface area (TPSA) is 29.5 Å². The predicted octanol–water partition coefficient (Wildman–Crippen LogP) is 3.85. The van der Waals surface area contributed by atoms with Crippen molar-refractivity contribution in [2.75, 3.05) is 13.7 Å². The Morgan fingerprint density at radius 2 is 2.26 bits per heavy atom. The molecule has 19 heavy (non-hydrogen) atoms. The molecule has 1 amide bonds. The molecule has 1 aliphatic rings. The lowest BCUT2D eigenvalue weighted by molar-refractivity contribution is -0.126. The van der Waals surface area contributed by atoms with Gasteiger partial charge in [0.25, 0.3) is 0 Å². The second-order valence-corrected chi connectivity index (χ2v) is 6.62. The maximum Gasteiger partial charge on any atom is 0.240 e. The van der Waals surface area contributed by atoms with Crippen LogP contribution in [-0.4, -0.2) is 28.4 Å². The fraction of sp³-hybridized carbons (Fsp3) is 0.357. The van der Waals surface area contributed by atoms with Crippen LogP contribution < -0.4 is 4.74 Å². The number of amides is 1. The van der Waals surface area contributed by atoms with Crippen LogP contribution in [0.1, 0.15) is 18.9 Å². The Hall–Kier alpha value is -0.560. The minimum atomic E-state index is 0.0350. The molecule has 1 atom stereocenters. The number of allylic oxidation sites excluding steroid dienone is 1. The van der Waals surface area contributed by atoms with E-state index in [9.17, 15) is 4.79 Å². The summed E-state index contributed by atoms with van der Waals surface area (Å²) in [5, 5.41) is 0. The molecule has 0 spiro atoms. The van der Waals surface area contributed by atoms with E-state index in [-0.39, 0.29) is 9.83 Å². The molecule has 3 nitrogen and oxygen atoms in total. The first kappa shape index (κ1) is 14.8. The zero-order valence-electron chi connectivity index (χ0n) is 10.8. The standard InChI is InChI=1S/C14H15BrINO2/c1-3-19-9-4-5-10(11(15)8-9)13-7-6-12(16)14(18)17(13)2/h4-5,7-8,12H,3,6H2,1-2H3. The van der Waals surface area contributed by atoms with Gasteiger partial charge in [0.1, 0.15) is 5.75 Å². The van der Waals surface area contributed by atoms with Crippen molar-refractivity contribution in [2.45, 2.75) is 17.3 Å². The van der Waals surface area contributed by atoms with Crippen LogP contribution in [-0.2, 0) is 4.79 Å². The number of alkyl halides is 1. The van der Waals surface area contributed by atoms with Gasteiger partial charge in [0.05, 0.1) is 10.5 Å². The summed E-state index contributed by atoms with van der Waals surface area (Å²) >= 11 is 5.74. The predicted molar refractivity (Wildman–Crippen MR) is 88.5 cm³/mol. The number of benzene rings is 1. The molecule has 0 bridgehead atoms. The molecule has 0 saturated carbocycles. The van der Waals surface area contributed by atoms with Gasteiger partial charge in [-0.1, -0.05) is 28.7 Å². The number of halogens is 2. The van der Waals surface area contributed by atoms with Gasteiger partial charge in [0, 0.05) is 22.8 Å². The molecule has 1 unspecified atom stereocenters. The zero-order chi connectivity index (χ0) is 14.0. The fourth-order valence-corrected chi connectivity index (χ4v) is 3.27. The van der Waals surface area contributed by atoms with Crippen molar-refractivity contribution in [1.29, 1.82) is 0 Å². The lowest BCUT2D eigenvalue weighted by atomic mass is 10.0. The van der Waals surface area contributed by atoms with E-state index in [2.05, 4.69) is 44.6 Å². The normalized spacial score (nSPS) is 19.4. The summed E-state index contributed by atoms with van der Waals surface area (Å²) < 4.78 is 6.44. The minimum Gasteiger partial charge on any atom is -0.494 e. The van der Waals surface area contributed by atoms with Crippen molar-refractivity contribution in [2.24, 2.45) is 0 Å². The Bertz CT molecular complexity index is 530. The van der Waals surface area contributed by atoms with Crippen molar-refractivity contribution in [3.8, 4) is 5.75 Å². The van der Waals surface area contributed by atoms with Crippen LogP contribution in [0.5, 0.6) is 5.75 Å². The highest BCUT2D eigenvalue weighted by molar-refractivity contribution is 14.1. The molecule has 0 saturated heterocycles. The first-order valence-electron chi connectivity index (χ1n) is 6.09. The molecule has 1 aromatic rings. The largest absolute Gasteiger partial charge is 0.494 e. The Labute approximate surface area is 135 Å². The van der Waals surface area contributed by atoms with Crippen LogP contribution in [0.25, 0.3) is 5.70 Å². The van der Waals surface area contributed by atoms with Gasteiger partial charge in [-0.2, -0.15) is 0 Å². The van der Waals surface area contributed by atoms with Crippen LogP contribution in [0, 0.1) is 0 Å². The second kappa shape index (κ2) is 6.26. The van der Waals surface area contributed by atoms with E-state index in [1.165, 1.54) is 0 Å². The molecule has 0 aliphatic carbocycles. The summed E-state index contributed by atoms with van der Waals surface area (Å²) in [6, 6.07) is 5.85. The first-order chi connectivity index (χ1) is 9.04. The maximum atomic E-state index is 12.0. The number of hydrogen-bond donors (Lipinski definition) is 0. The van der Waals surface area contributed by atoms with E-state index < -0.39 is 0 Å². The highest BCUT2D eigenvalue weighted by Gasteiger charge is 2.27. The van der Waals surface area contributed by atoms with Gasteiger partial charge in [-0.25, -0.2) is 0 Å². The third-order valence-corrected chi connectivity index (χ3v) is 4.70. The summed E-state index contributed by atoms with van der Waals surface area (Å²) in [4.78, 5) is 13.8. The van der Waals surface area contributed by atoms with Crippen molar-refractivity contribution in [1.82, 2.24) is 4.90 Å². The second-order valence-electron chi connectivity index (χ2n) is 4.26. The van der Waals surface area contributed by atoms with Crippen LogP contribution in [0.4, 0.5) is 0 Å². The Morgan fingerprint density at radius 3 is 2.89 bits per heavy atom. The quantitative estimate of drug-likeness (QED) is 0.533. The Kier molecular flexibility index (Phi) is 4.89. The molecule has 0 fully saturated rings. The average Bonchev–Trinajstić information content (AvgIpc) is 2.38. The molecule has 0 aromatic heterocycles. The number of carbonyl (C=O) groups is 1. The smallest absolute Gasteiger partial charge is 0.240 e. The zero-order valence-corrected chi connectivity index (χ0v) is 14.6. The van der Waals surface area contributed by atoms with E-state index in [0.29, 0.717) is 6.61 Å². The summed E-state index contributed by atoms with van der Waals surface area (Å²) in [6.45, 7) is 2.60. The van der Waals surface area contributed by atoms with Gasteiger partial charge in [0.2, 0.25) is 5.91 Å². The van der Waals surface area contributed by atoms with Crippen LogP contribution in [0.2, 0.25) is 0 Å². The number of nitrogens with zero attached hydrogens (tertiary/aromatic N) is 1. The van der Waals surface area contributed by atoms with Gasteiger partial charge in [-0.05, 0) is 47.5 Å². The minimum absolute atomic E-state index is 0.0350. The first-order valence-corrected chi connectivity index (χ1v) is 8.13. The van der Waals surface area contributed by atoms with Crippen LogP contribution in [0.15, 0.2) is 28.7 Å². The average molecular weight is 436 g/mol. The third-order valence-electron chi connectivity index (χ3n) is 3.01. The lowest BCUT2D eigenvalue weighted by Gasteiger charge is -2.28. The van der Waals surface area contributed by atoms with E-state index in [1.54, 1.807) is 4.90 Å². The SMILES string of the molecule is CCOc1ccc(C2=CCC(I)C(=O)N2C)c(Br)c1. The van der Waals surface area contributed by atoms with Gasteiger partial charge >= 0.3 is 0 Å². The molecule has 1 aliphatic heterocycles. The number of rotatable bonds is 3. The van der Waals surface area contributed by atoms with Gasteiger partial charge in [-0.15, -0.1) is 0 Å². The van der Waals surface area contributed by atoms with Crippen LogP contribution in [0.3, 0.4) is 0 Å². The monoisotopic (exact) mass is 435 g/mol. The third kappa shape index (κ3) is 3.13. The van der Waals surface area contributed by atoms with Gasteiger partial charge < -0.3 is 9.64 Å². The van der Waals surface area contributed by atoms with Crippen molar-refractivity contribution in [3.63, 3.8) is 0 Å². The molecule has 102 valence electrons. The van der Waals surface area contributed by atoms with Crippen molar-refractivity contribution < 1.29 is 9.53 Å². The molecule has 2 rings (SSSR count). The van der Waals surface area contributed by atoms with Crippen molar-refractivity contribution >= 4 is 50.1 Å². The lowest BCUT2D eigenvalue weighted by Crippen LogP contribution is -2.35. The van der Waals surface area contributed by atoms with E-state index in [4.69, 9.17) is 4.74 Å². The number of ether oxygens (including phenoxy) is 1. The van der Waals surface area contributed by atoms with Crippen molar-refractivity contribution in [3.05, 3.63) is 34.3 Å². The van der Waals surface area contributed by atoms with Gasteiger partial charge in [0.15, 0.2) is 0 Å². The molecule has 0 N–H and O–H groups in total. The molecule has 1 heterocycles. The van der Waals surface area contributed by atoms with E-state index >= 15 is 0 Å². The maximum absolute atomic E-state index is 12.0. The Morgan fingerprint density at radius 1 is 1.53 bits per heavy atom. The number of hydrogen-bond acceptors (Lipinski definition) is 2. The summed E-state index contributed by atoms with van der Waals surface area (Å²) in [5.41, 5.74) is 1.97. The highest BCUT2D eigenvalue weighted by Crippen LogP contribution is 2.33. The van der Waals surface area contributed by atoms with E-state index in [1.807, 2.05) is 32.2 Å². The summed E-state index contributed by atoms with van der Waals surface area (Å²) in [6.07, 6.45) is 2.89.